The highest BCUT2D eigenvalue weighted by atomic mass is 16.5. The van der Waals surface area contributed by atoms with Crippen LogP contribution in [-0.2, 0) is 4.79 Å². The van der Waals surface area contributed by atoms with Gasteiger partial charge in [-0.15, -0.1) is 0 Å². The number of nitrogens with zero attached hydrogens (tertiary/aromatic N) is 1. The molecule has 22 heavy (non-hydrogen) atoms. The maximum Gasteiger partial charge on any atom is 0.220 e. The lowest BCUT2D eigenvalue weighted by Crippen LogP contribution is -2.35. The molecule has 1 unspecified atom stereocenters. The second kappa shape index (κ2) is 8.18. The van der Waals surface area contributed by atoms with Gasteiger partial charge < -0.3 is 15.0 Å². The zero-order valence-electron chi connectivity index (χ0n) is 14.0. The number of benzene rings is 1. The highest BCUT2D eigenvalue weighted by molar-refractivity contribution is 5.76. The van der Waals surface area contributed by atoms with Crippen LogP contribution in [-0.4, -0.2) is 38.6 Å². The summed E-state index contributed by atoms with van der Waals surface area (Å²) in [6.07, 6.45) is 5.67. The molecule has 1 fully saturated rings. The van der Waals surface area contributed by atoms with Crippen LogP contribution in [0.15, 0.2) is 24.3 Å². The van der Waals surface area contributed by atoms with Gasteiger partial charge in [0.15, 0.2) is 0 Å². The number of rotatable bonds is 7. The van der Waals surface area contributed by atoms with Crippen molar-refractivity contribution < 1.29 is 9.53 Å². The molecule has 122 valence electrons. The highest BCUT2D eigenvalue weighted by Crippen LogP contribution is 2.27. The minimum Gasteiger partial charge on any atom is -0.497 e. The predicted octanol–water partition coefficient (Wildman–Crippen LogP) is 2.99. The molecular weight excluding hydrogens is 276 g/mol. The standard InChI is InChI=1S/C18H28N2O2/c1-20(2)17(15-8-10-16(22-3)11-9-15)13-19-18(21)12-14-6-4-5-7-14/h8-11,14,17H,4-7,12-13H2,1-3H3,(H,19,21). The summed E-state index contributed by atoms with van der Waals surface area (Å²) >= 11 is 0. The van der Waals surface area contributed by atoms with E-state index < -0.39 is 0 Å². The topological polar surface area (TPSA) is 41.6 Å². The summed E-state index contributed by atoms with van der Waals surface area (Å²) in [5.74, 6) is 1.64. The number of hydrogen-bond donors (Lipinski definition) is 1. The summed E-state index contributed by atoms with van der Waals surface area (Å²) in [4.78, 5) is 14.2. The minimum atomic E-state index is 0.179. The maximum atomic E-state index is 12.1. The van der Waals surface area contributed by atoms with Crippen LogP contribution in [0.4, 0.5) is 0 Å². The van der Waals surface area contributed by atoms with Crippen LogP contribution in [0.25, 0.3) is 0 Å². The van der Waals surface area contributed by atoms with Crippen molar-refractivity contribution in [2.45, 2.75) is 38.1 Å². The number of ether oxygens (including phenoxy) is 1. The van der Waals surface area contributed by atoms with E-state index in [0.717, 1.165) is 5.75 Å². The molecule has 0 radical (unpaired) electrons. The molecule has 1 amide bonds. The Morgan fingerprint density at radius 2 is 1.91 bits per heavy atom. The fraction of sp³-hybridized carbons (Fsp3) is 0.611. The monoisotopic (exact) mass is 304 g/mol. The first-order valence-electron chi connectivity index (χ1n) is 8.17. The van der Waals surface area contributed by atoms with Crippen LogP contribution in [0.3, 0.4) is 0 Å². The fourth-order valence-corrected chi connectivity index (χ4v) is 3.18. The van der Waals surface area contributed by atoms with Crippen molar-refractivity contribution >= 4 is 5.91 Å². The third-order valence-electron chi connectivity index (χ3n) is 4.57. The summed E-state index contributed by atoms with van der Waals surface area (Å²) in [5.41, 5.74) is 1.19. The third kappa shape index (κ3) is 4.73. The van der Waals surface area contributed by atoms with Crippen LogP contribution < -0.4 is 10.1 Å². The van der Waals surface area contributed by atoms with E-state index in [1.165, 1.54) is 31.2 Å². The van der Waals surface area contributed by atoms with E-state index in [1.54, 1.807) is 7.11 Å². The number of amides is 1. The van der Waals surface area contributed by atoms with E-state index >= 15 is 0 Å². The summed E-state index contributed by atoms with van der Waals surface area (Å²) in [6, 6.07) is 8.23. The van der Waals surface area contributed by atoms with E-state index in [2.05, 4.69) is 22.3 Å². The number of likely N-dealkylation sites (N-methyl/N-ethyl adjacent to an activating group) is 1. The zero-order chi connectivity index (χ0) is 15.9. The van der Waals surface area contributed by atoms with Crippen molar-refractivity contribution in [2.75, 3.05) is 27.7 Å². The molecule has 1 aromatic rings. The Morgan fingerprint density at radius 1 is 1.27 bits per heavy atom. The lowest BCUT2D eigenvalue weighted by atomic mass is 10.0. The Bertz CT molecular complexity index is 464. The molecule has 0 heterocycles. The Labute approximate surface area is 133 Å². The molecular formula is C18H28N2O2. The Morgan fingerprint density at radius 3 is 2.45 bits per heavy atom. The second-order valence-electron chi connectivity index (χ2n) is 6.41. The lowest BCUT2D eigenvalue weighted by molar-refractivity contribution is -0.122. The van der Waals surface area contributed by atoms with Crippen LogP contribution in [0, 0.1) is 5.92 Å². The number of methoxy groups -OCH3 is 1. The van der Waals surface area contributed by atoms with Crippen molar-refractivity contribution in [3.8, 4) is 5.75 Å². The Kier molecular flexibility index (Phi) is 6.25. The third-order valence-corrected chi connectivity index (χ3v) is 4.57. The summed E-state index contributed by atoms with van der Waals surface area (Å²) in [7, 11) is 5.75. The van der Waals surface area contributed by atoms with Gasteiger partial charge in [0.2, 0.25) is 5.91 Å². The molecule has 0 aromatic heterocycles. The van der Waals surface area contributed by atoms with Gasteiger partial charge in [0.05, 0.1) is 13.2 Å². The van der Waals surface area contributed by atoms with Crippen LogP contribution >= 0.6 is 0 Å². The van der Waals surface area contributed by atoms with Gasteiger partial charge in [-0.05, 0) is 50.6 Å². The molecule has 0 saturated heterocycles. The van der Waals surface area contributed by atoms with E-state index in [4.69, 9.17) is 4.74 Å². The molecule has 4 nitrogen and oxygen atoms in total. The largest absolute Gasteiger partial charge is 0.497 e. The average molecular weight is 304 g/mol. The van der Waals surface area contributed by atoms with Gasteiger partial charge in [0, 0.05) is 13.0 Å². The second-order valence-corrected chi connectivity index (χ2v) is 6.41. The molecule has 1 saturated carbocycles. The quantitative estimate of drug-likeness (QED) is 0.842. The fourth-order valence-electron chi connectivity index (χ4n) is 3.18. The molecule has 4 heteroatoms. The SMILES string of the molecule is COc1ccc(C(CNC(=O)CC2CCCC2)N(C)C)cc1. The first kappa shape index (κ1) is 16.8. The molecule has 2 rings (SSSR count). The van der Waals surface area contributed by atoms with Gasteiger partial charge in [-0.25, -0.2) is 0 Å². The average Bonchev–Trinajstić information content (AvgIpc) is 3.00. The van der Waals surface area contributed by atoms with E-state index in [9.17, 15) is 4.79 Å². The van der Waals surface area contributed by atoms with Crippen LogP contribution in [0.2, 0.25) is 0 Å². The molecule has 1 N–H and O–H groups in total. The minimum absolute atomic E-state index is 0.179. The van der Waals surface area contributed by atoms with E-state index in [1.807, 2.05) is 26.2 Å². The molecule has 1 aliphatic carbocycles. The van der Waals surface area contributed by atoms with Gasteiger partial charge >= 0.3 is 0 Å². The smallest absolute Gasteiger partial charge is 0.220 e. The Hall–Kier alpha value is -1.55. The lowest BCUT2D eigenvalue weighted by Gasteiger charge is -2.25. The van der Waals surface area contributed by atoms with Gasteiger partial charge in [-0.3, -0.25) is 4.79 Å². The van der Waals surface area contributed by atoms with Crippen molar-refractivity contribution in [1.82, 2.24) is 10.2 Å². The van der Waals surface area contributed by atoms with Crippen molar-refractivity contribution in [3.63, 3.8) is 0 Å². The molecule has 1 aliphatic rings. The van der Waals surface area contributed by atoms with Gasteiger partial charge in [-0.1, -0.05) is 25.0 Å². The van der Waals surface area contributed by atoms with Crippen LogP contribution in [0.5, 0.6) is 5.75 Å². The normalized spacial score (nSPS) is 16.7. The molecule has 1 atom stereocenters. The predicted molar refractivity (Wildman–Crippen MR) is 89.0 cm³/mol. The number of carbonyl (C=O) groups is 1. The summed E-state index contributed by atoms with van der Waals surface area (Å²) < 4.78 is 5.20. The maximum absolute atomic E-state index is 12.1. The van der Waals surface area contributed by atoms with Crippen molar-refractivity contribution in [2.24, 2.45) is 5.92 Å². The highest BCUT2D eigenvalue weighted by Gasteiger charge is 2.20. The van der Waals surface area contributed by atoms with E-state index in [-0.39, 0.29) is 11.9 Å². The van der Waals surface area contributed by atoms with Gasteiger partial charge in [0.1, 0.15) is 5.75 Å². The number of hydrogen-bond acceptors (Lipinski definition) is 3. The van der Waals surface area contributed by atoms with Gasteiger partial charge in [0.25, 0.3) is 0 Å². The zero-order valence-corrected chi connectivity index (χ0v) is 14.0. The molecule has 1 aromatic carbocycles. The van der Waals surface area contributed by atoms with E-state index in [0.29, 0.717) is 18.9 Å². The van der Waals surface area contributed by atoms with Gasteiger partial charge in [-0.2, -0.15) is 0 Å². The summed E-state index contributed by atoms with van der Waals surface area (Å²) in [5, 5.41) is 3.11. The van der Waals surface area contributed by atoms with Crippen LogP contribution in [0.1, 0.15) is 43.7 Å². The van der Waals surface area contributed by atoms with Crippen molar-refractivity contribution in [1.29, 1.82) is 0 Å². The molecule has 0 spiro atoms. The first-order chi connectivity index (χ1) is 10.6. The number of carbonyl (C=O) groups excluding carboxylic acids is 1. The first-order valence-corrected chi connectivity index (χ1v) is 8.17. The number of nitrogens with one attached hydrogen (secondary N) is 1. The molecule has 0 bridgehead atoms. The summed E-state index contributed by atoms with van der Waals surface area (Å²) in [6.45, 7) is 0.644. The Balaban J connectivity index is 1.89. The molecule has 0 aliphatic heterocycles. The van der Waals surface area contributed by atoms with Crippen molar-refractivity contribution in [3.05, 3.63) is 29.8 Å².